The largest absolute Gasteiger partial charge is 0.370 e. The first-order valence-electron chi connectivity index (χ1n) is 4.76. The summed E-state index contributed by atoms with van der Waals surface area (Å²) in [6, 6.07) is 7.10. The number of carbonyl (C=O) groups excluding carboxylic acids is 1. The first-order valence-corrected chi connectivity index (χ1v) is 5.64. The van der Waals surface area contributed by atoms with Crippen LogP contribution in [0.4, 0.5) is 5.69 Å². The van der Waals surface area contributed by atoms with E-state index in [0.717, 1.165) is 0 Å². The summed E-state index contributed by atoms with van der Waals surface area (Å²) in [6.45, 7) is 0. The Kier molecular flexibility index (Phi) is 1.86. The van der Waals surface area contributed by atoms with Crippen LogP contribution in [0.3, 0.4) is 0 Å². The molecule has 0 bridgehead atoms. The Morgan fingerprint density at radius 1 is 1.38 bits per heavy atom. The molecule has 1 aliphatic heterocycles. The minimum Gasteiger partial charge on any atom is -0.370 e. The van der Waals surface area contributed by atoms with E-state index in [1.54, 1.807) is 29.8 Å². The molecule has 0 aliphatic carbocycles. The number of hydrogen-bond donors (Lipinski definition) is 2. The van der Waals surface area contributed by atoms with E-state index in [0.29, 0.717) is 16.3 Å². The second-order valence-electron chi connectivity index (χ2n) is 3.55. The maximum Gasteiger partial charge on any atom is 0.268 e. The van der Waals surface area contributed by atoms with Crippen LogP contribution in [-0.4, -0.2) is 16.0 Å². The predicted octanol–water partition coefficient (Wildman–Crippen LogP) is 1.33. The van der Waals surface area contributed by atoms with Crippen molar-refractivity contribution in [3.63, 3.8) is 0 Å². The molecule has 0 saturated heterocycles. The Bertz CT molecular complexity index is 553. The topological polar surface area (TPSA) is 62.2 Å². The Balaban J connectivity index is 2.25. The van der Waals surface area contributed by atoms with Crippen molar-refractivity contribution in [2.24, 2.45) is 0 Å². The number of hydrogen-bond acceptors (Lipinski definition) is 4. The van der Waals surface area contributed by atoms with Crippen molar-refractivity contribution in [2.45, 2.75) is 5.60 Å². The second kappa shape index (κ2) is 3.13. The fourth-order valence-corrected chi connectivity index (χ4v) is 2.60. The van der Waals surface area contributed by atoms with E-state index in [4.69, 9.17) is 0 Å². The summed E-state index contributed by atoms with van der Waals surface area (Å²) in [7, 11) is 0. The third kappa shape index (κ3) is 1.07. The minimum absolute atomic E-state index is 0.398. The van der Waals surface area contributed by atoms with E-state index in [-0.39, 0.29) is 0 Å². The predicted molar refractivity (Wildman–Crippen MR) is 60.2 cm³/mol. The lowest BCUT2D eigenvalue weighted by atomic mass is 9.96. The summed E-state index contributed by atoms with van der Waals surface area (Å²) < 4.78 is 0. The van der Waals surface area contributed by atoms with Crippen LogP contribution in [0.2, 0.25) is 0 Å². The van der Waals surface area contributed by atoms with Gasteiger partial charge in [-0.15, -0.1) is 11.3 Å². The summed E-state index contributed by atoms with van der Waals surface area (Å²) in [4.78, 5) is 15.9. The lowest BCUT2D eigenvalue weighted by Gasteiger charge is -2.17. The zero-order valence-corrected chi connectivity index (χ0v) is 8.99. The minimum atomic E-state index is -1.63. The summed E-state index contributed by atoms with van der Waals surface area (Å²) in [5.74, 6) is -0.441. The maximum absolute atomic E-state index is 11.9. The number of nitrogens with one attached hydrogen (secondary N) is 1. The standard InChI is InChI=1S/C11H8N2O2S/c14-9-11(15,10-12-5-6-16-10)7-3-1-2-4-8(7)13-9/h1-6,15H,(H,13,14)/t11-/m1/s1. The molecule has 80 valence electrons. The fraction of sp³-hybridized carbons (Fsp3) is 0.0909. The number of fused-ring (bicyclic) bond motifs is 1. The molecule has 5 heteroatoms. The lowest BCUT2D eigenvalue weighted by molar-refractivity contribution is -0.129. The number of nitrogens with zero attached hydrogens (tertiary/aromatic N) is 1. The van der Waals surface area contributed by atoms with Crippen molar-refractivity contribution >= 4 is 22.9 Å². The first kappa shape index (κ1) is 9.50. The van der Waals surface area contributed by atoms with Gasteiger partial charge >= 0.3 is 0 Å². The average Bonchev–Trinajstić information content (AvgIpc) is 2.89. The monoisotopic (exact) mass is 232 g/mol. The van der Waals surface area contributed by atoms with Crippen LogP contribution in [0.5, 0.6) is 0 Å². The van der Waals surface area contributed by atoms with Crippen molar-refractivity contribution in [3.05, 3.63) is 46.4 Å². The normalized spacial score (nSPS) is 22.9. The van der Waals surface area contributed by atoms with Gasteiger partial charge in [0, 0.05) is 22.8 Å². The molecule has 0 unspecified atom stereocenters. The highest BCUT2D eigenvalue weighted by atomic mass is 32.1. The Morgan fingerprint density at radius 2 is 2.19 bits per heavy atom. The molecule has 0 spiro atoms. The summed E-state index contributed by atoms with van der Waals surface area (Å²) in [6.07, 6.45) is 1.58. The van der Waals surface area contributed by atoms with E-state index < -0.39 is 11.5 Å². The van der Waals surface area contributed by atoms with Gasteiger partial charge in [-0.3, -0.25) is 4.79 Å². The molecule has 0 radical (unpaired) electrons. The maximum atomic E-state index is 11.9. The molecular formula is C11H8N2O2S. The fourth-order valence-electron chi connectivity index (χ4n) is 1.86. The molecule has 1 amide bonds. The van der Waals surface area contributed by atoms with Crippen LogP contribution in [0.15, 0.2) is 35.8 Å². The third-order valence-corrected chi connectivity index (χ3v) is 3.52. The molecule has 0 fully saturated rings. The van der Waals surface area contributed by atoms with Crippen LogP contribution in [0, 0.1) is 0 Å². The van der Waals surface area contributed by atoms with E-state index in [2.05, 4.69) is 10.3 Å². The highest BCUT2D eigenvalue weighted by Crippen LogP contribution is 2.41. The summed E-state index contributed by atoms with van der Waals surface area (Å²) in [5.41, 5.74) is -0.426. The Morgan fingerprint density at radius 3 is 2.94 bits per heavy atom. The number of para-hydroxylation sites is 1. The van der Waals surface area contributed by atoms with Gasteiger partial charge in [0.15, 0.2) is 0 Å². The van der Waals surface area contributed by atoms with Gasteiger partial charge in [-0.1, -0.05) is 18.2 Å². The molecule has 0 saturated carbocycles. The number of carbonyl (C=O) groups is 1. The molecule has 16 heavy (non-hydrogen) atoms. The molecule has 2 heterocycles. The zero-order chi connectivity index (χ0) is 11.2. The van der Waals surface area contributed by atoms with Gasteiger partial charge < -0.3 is 10.4 Å². The molecule has 1 atom stereocenters. The molecule has 1 aromatic carbocycles. The second-order valence-corrected chi connectivity index (χ2v) is 4.44. The Labute approximate surface area is 95.6 Å². The SMILES string of the molecule is O=C1Nc2ccccc2[C@]1(O)c1nccs1. The van der Waals surface area contributed by atoms with Crippen LogP contribution >= 0.6 is 11.3 Å². The summed E-state index contributed by atoms with van der Waals surface area (Å²) in [5, 5.41) is 15.3. The number of amides is 1. The third-order valence-electron chi connectivity index (χ3n) is 2.64. The number of benzene rings is 1. The van der Waals surface area contributed by atoms with Crippen LogP contribution in [-0.2, 0) is 10.4 Å². The van der Waals surface area contributed by atoms with Crippen LogP contribution in [0.25, 0.3) is 0 Å². The first-order chi connectivity index (χ1) is 7.73. The van der Waals surface area contributed by atoms with Gasteiger partial charge in [-0.25, -0.2) is 4.98 Å². The molecule has 1 aliphatic rings. The van der Waals surface area contributed by atoms with Gasteiger partial charge in [0.1, 0.15) is 5.01 Å². The van der Waals surface area contributed by atoms with Gasteiger partial charge in [0.05, 0.1) is 0 Å². The van der Waals surface area contributed by atoms with Gasteiger partial charge in [0.2, 0.25) is 5.60 Å². The molecule has 2 N–H and O–H groups in total. The zero-order valence-electron chi connectivity index (χ0n) is 8.18. The van der Waals surface area contributed by atoms with E-state index in [9.17, 15) is 9.90 Å². The molecule has 3 rings (SSSR count). The van der Waals surface area contributed by atoms with Crippen molar-refractivity contribution in [3.8, 4) is 0 Å². The van der Waals surface area contributed by atoms with Crippen molar-refractivity contribution in [1.29, 1.82) is 0 Å². The molecular weight excluding hydrogens is 224 g/mol. The Hall–Kier alpha value is -1.72. The van der Waals surface area contributed by atoms with Crippen molar-refractivity contribution < 1.29 is 9.90 Å². The van der Waals surface area contributed by atoms with Crippen LogP contribution in [0.1, 0.15) is 10.6 Å². The number of aliphatic hydroxyl groups is 1. The summed E-state index contributed by atoms with van der Waals surface area (Å²) >= 11 is 1.26. The molecule has 4 nitrogen and oxygen atoms in total. The number of rotatable bonds is 1. The number of aromatic nitrogens is 1. The van der Waals surface area contributed by atoms with E-state index in [1.165, 1.54) is 11.3 Å². The highest BCUT2D eigenvalue weighted by Gasteiger charge is 2.48. The van der Waals surface area contributed by atoms with E-state index >= 15 is 0 Å². The van der Waals surface area contributed by atoms with Crippen molar-refractivity contribution in [1.82, 2.24) is 4.98 Å². The smallest absolute Gasteiger partial charge is 0.268 e. The lowest BCUT2D eigenvalue weighted by Crippen LogP contribution is -2.35. The average molecular weight is 232 g/mol. The van der Waals surface area contributed by atoms with Gasteiger partial charge in [0.25, 0.3) is 5.91 Å². The van der Waals surface area contributed by atoms with Gasteiger partial charge in [-0.2, -0.15) is 0 Å². The van der Waals surface area contributed by atoms with Crippen molar-refractivity contribution in [2.75, 3.05) is 5.32 Å². The van der Waals surface area contributed by atoms with E-state index in [1.807, 2.05) is 6.07 Å². The number of anilines is 1. The highest BCUT2D eigenvalue weighted by molar-refractivity contribution is 7.09. The van der Waals surface area contributed by atoms with Crippen LogP contribution < -0.4 is 5.32 Å². The van der Waals surface area contributed by atoms with Gasteiger partial charge in [-0.05, 0) is 6.07 Å². The molecule has 1 aromatic heterocycles. The quantitative estimate of drug-likeness (QED) is 0.779. The number of thiazole rings is 1. The molecule has 2 aromatic rings.